The number of anilines is 1. The second kappa shape index (κ2) is 7.87. The predicted octanol–water partition coefficient (Wildman–Crippen LogP) is 1.07. The van der Waals surface area contributed by atoms with Gasteiger partial charge in [0.25, 0.3) is 0 Å². The zero-order chi connectivity index (χ0) is 17.8. The van der Waals surface area contributed by atoms with Gasteiger partial charge in [-0.25, -0.2) is 0 Å². The van der Waals surface area contributed by atoms with Crippen LogP contribution in [0.5, 0.6) is 0 Å². The van der Waals surface area contributed by atoms with Gasteiger partial charge in [0.1, 0.15) is 0 Å². The van der Waals surface area contributed by atoms with Gasteiger partial charge < -0.3 is 15.5 Å². The number of rotatable bonds is 5. The fraction of sp³-hybridized carbons (Fsp3) is 0.579. The van der Waals surface area contributed by atoms with Crippen LogP contribution in [0.25, 0.3) is 0 Å². The fourth-order valence-electron chi connectivity index (χ4n) is 3.82. The largest absolute Gasteiger partial charge is 0.374 e. The molecule has 25 heavy (non-hydrogen) atoms. The van der Waals surface area contributed by atoms with Crippen LogP contribution < -0.4 is 15.5 Å². The Balaban J connectivity index is 1.74. The Hall–Kier alpha value is -2.08. The lowest BCUT2D eigenvalue weighted by molar-refractivity contribution is -0.139. The van der Waals surface area contributed by atoms with E-state index in [0.29, 0.717) is 13.1 Å². The van der Waals surface area contributed by atoms with Gasteiger partial charge in [-0.05, 0) is 56.5 Å². The molecule has 3 rings (SSSR count). The Morgan fingerprint density at radius 3 is 2.56 bits per heavy atom. The molecule has 1 unspecified atom stereocenters. The summed E-state index contributed by atoms with van der Waals surface area (Å²) in [6.07, 6.45) is 3.44. The topological polar surface area (TPSA) is 64.7 Å². The quantitative estimate of drug-likeness (QED) is 0.784. The summed E-state index contributed by atoms with van der Waals surface area (Å²) in [7, 11) is 2.12. The second-order valence-corrected chi connectivity index (χ2v) is 6.89. The minimum atomic E-state index is -0.557. The van der Waals surface area contributed by atoms with Crippen molar-refractivity contribution in [1.29, 1.82) is 0 Å². The van der Waals surface area contributed by atoms with E-state index in [9.17, 15) is 9.59 Å². The van der Waals surface area contributed by atoms with Crippen LogP contribution in [-0.2, 0) is 16.0 Å². The molecule has 0 aliphatic carbocycles. The maximum Gasteiger partial charge on any atom is 0.309 e. The third-order valence-corrected chi connectivity index (χ3v) is 5.20. The van der Waals surface area contributed by atoms with E-state index in [0.717, 1.165) is 26.1 Å². The Morgan fingerprint density at radius 1 is 1.12 bits per heavy atom. The van der Waals surface area contributed by atoms with Crippen LogP contribution in [-0.4, -0.2) is 56.5 Å². The van der Waals surface area contributed by atoms with Crippen LogP contribution in [0.4, 0.5) is 5.69 Å². The first-order chi connectivity index (χ1) is 12.1. The summed E-state index contributed by atoms with van der Waals surface area (Å²) in [6, 6.07) is 6.76. The number of benzene rings is 1. The van der Waals surface area contributed by atoms with Crippen LogP contribution in [0.1, 0.15) is 36.9 Å². The van der Waals surface area contributed by atoms with Crippen molar-refractivity contribution >= 4 is 17.5 Å². The van der Waals surface area contributed by atoms with Gasteiger partial charge in [0.2, 0.25) is 0 Å². The van der Waals surface area contributed by atoms with E-state index in [1.165, 1.54) is 29.7 Å². The molecule has 2 aliphatic heterocycles. The molecule has 6 heteroatoms. The monoisotopic (exact) mass is 344 g/mol. The van der Waals surface area contributed by atoms with Gasteiger partial charge in [-0.1, -0.05) is 12.1 Å². The highest BCUT2D eigenvalue weighted by molar-refractivity contribution is 6.35. The summed E-state index contributed by atoms with van der Waals surface area (Å²) in [5, 5.41) is 5.36. The van der Waals surface area contributed by atoms with Gasteiger partial charge in [-0.3, -0.25) is 14.5 Å². The van der Waals surface area contributed by atoms with Crippen LogP contribution in [0.15, 0.2) is 18.2 Å². The molecular weight excluding hydrogens is 316 g/mol. The maximum atomic E-state index is 12.0. The second-order valence-electron chi connectivity index (χ2n) is 6.89. The summed E-state index contributed by atoms with van der Waals surface area (Å²) >= 11 is 0. The molecule has 136 valence electrons. The first-order valence-corrected chi connectivity index (χ1v) is 9.24. The number of fused-ring (bicyclic) bond motifs is 1. The predicted molar refractivity (Wildman–Crippen MR) is 98.7 cm³/mol. The van der Waals surface area contributed by atoms with Gasteiger partial charge in [0, 0.05) is 32.4 Å². The molecule has 1 atom stereocenters. The number of nitrogens with zero attached hydrogens (tertiary/aromatic N) is 2. The molecule has 0 bridgehead atoms. The first kappa shape index (κ1) is 17.7. The van der Waals surface area contributed by atoms with Crippen LogP contribution >= 0.6 is 0 Å². The van der Waals surface area contributed by atoms with E-state index >= 15 is 0 Å². The Bertz CT molecular complexity index is 640. The van der Waals surface area contributed by atoms with E-state index in [4.69, 9.17) is 0 Å². The smallest absolute Gasteiger partial charge is 0.309 e. The lowest BCUT2D eigenvalue weighted by Gasteiger charge is -2.28. The van der Waals surface area contributed by atoms with Crippen molar-refractivity contribution < 1.29 is 9.59 Å². The molecule has 2 aliphatic rings. The van der Waals surface area contributed by atoms with Crippen LogP contribution in [0, 0.1) is 0 Å². The molecule has 1 saturated heterocycles. The van der Waals surface area contributed by atoms with Crippen molar-refractivity contribution in [1.82, 2.24) is 15.5 Å². The van der Waals surface area contributed by atoms with E-state index in [1.807, 2.05) is 0 Å². The SMILES string of the molecule is CCNC(=O)C(=O)NCC(c1ccc2c(c1)CCN2C)N1CCCC1. The standard InChI is InChI=1S/C19H28N4O2/c1-3-20-18(24)19(25)21-13-17(23-9-4-5-10-23)14-6-7-16-15(12-14)8-11-22(16)2/h6-7,12,17H,3-5,8-11,13H2,1-2H3,(H,20,24)(H,21,25). The number of hydrogen-bond donors (Lipinski definition) is 2. The number of likely N-dealkylation sites (N-methyl/N-ethyl adjacent to an activating group) is 2. The third-order valence-electron chi connectivity index (χ3n) is 5.20. The van der Waals surface area contributed by atoms with Crippen molar-refractivity contribution in [3.8, 4) is 0 Å². The number of amides is 2. The third kappa shape index (κ3) is 3.95. The average Bonchev–Trinajstić information content (AvgIpc) is 3.26. The maximum absolute atomic E-state index is 12.0. The average molecular weight is 344 g/mol. The lowest BCUT2D eigenvalue weighted by atomic mass is 10.0. The molecule has 0 saturated carbocycles. The molecule has 6 nitrogen and oxygen atoms in total. The van der Waals surface area contributed by atoms with Crippen LogP contribution in [0.3, 0.4) is 0 Å². The summed E-state index contributed by atoms with van der Waals surface area (Å²) in [5.74, 6) is -1.11. The van der Waals surface area contributed by atoms with Gasteiger partial charge in [-0.2, -0.15) is 0 Å². The van der Waals surface area contributed by atoms with Gasteiger partial charge in [0.15, 0.2) is 0 Å². The highest BCUT2D eigenvalue weighted by Gasteiger charge is 2.26. The summed E-state index contributed by atoms with van der Waals surface area (Å²) in [6.45, 7) is 5.86. The van der Waals surface area contributed by atoms with Crippen molar-refractivity contribution in [3.63, 3.8) is 0 Å². The summed E-state index contributed by atoms with van der Waals surface area (Å²) in [4.78, 5) is 28.3. The molecule has 1 aromatic rings. The molecule has 1 fully saturated rings. The molecule has 0 aromatic heterocycles. The highest BCUT2D eigenvalue weighted by Crippen LogP contribution is 2.32. The molecule has 0 spiro atoms. The number of carbonyl (C=O) groups excluding carboxylic acids is 2. The molecular formula is C19H28N4O2. The number of likely N-dealkylation sites (tertiary alicyclic amines) is 1. The van der Waals surface area contributed by atoms with Gasteiger partial charge >= 0.3 is 11.8 Å². The molecule has 2 amide bonds. The van der Waals surface area contributed by atoms with Crippen molar-refractivity contribution in [2.45, 2.75) is 32.2 Å². The van der Waals surface area contributed by atoms with Crippen LogP contribution in [0.2, 0.25) is 0 Å². The van der Waals surface area contributed by atoms with E-state index in [1.54, 1.807) is 6.92 Å². The normalized spacial score (nSPS) is 18.1. The minimum absolute atomic E-state index is 0.122. The highest BCUT2D eigenvalue weighted by atomic mass is 16.2. The van der Waals surface area contributed by atoms with Crippen molar-refractivity contribution in [2.24, 2.45) is 0 Å². The zero-order valence-corrected chi connectivity index (χ0v) is 15.2. The fourth-order valence-corrected chi connectivity index (χ4v) is 3.82. The summed E-state index contributed by atoms with van der Waals surface area (Å²) < 4.78 is 0. The molecule has 1 aromatic carbocycles. The zero-order valence-electron chi connectivity index (χ0n) is 15.2. The van der Waals surface area contributed by atoms with Crippen molar-refractivity contribution in [2.75, 3.05) is 44.7 Å². The molecule has 2 N–H and O–H groups in total. The summed E-state index contributed by atoms with van der Waals surface area (Å²) in [5.41, 5.74) is 3.90. The van der Waals surface area contributed by atoms with E-state index in [2.05, 4.69) is 45.7 Å². The lowest BCUT2D eigenvalue weighted by Crippen LogP contribution is -2.43. The molecule has 0 radical (unpaired) electrons. The minimum Gasteiger partial charge on any atom is -0.374 e. The first-order valence-electron chi connectivity index (χ1n) is 9.24. The van der Waals surface area contributed by atoms with Gasteiger partial charge in [0.05, 0.1) is 6.04 Å². The Kier molecular flexibility index (Phi) is 5.58. The van der Waals surface area contributed by atoms with Gasteiger partial charge in [-0.15, -0.1) is 0 Å². The molecule has 2 heterocycles. The number of carbonyl (C=O) groups is 2. The van der Waals surface area contributed by atoms with E-state index < -0.39 is 11.8 Å². The Morgan fingerprint density at radius 2 is 1.84 bits per heavy atom. The number of hydrogen-bond acceptors (Lipinski definition) is 4. The van der Waals surface area contributed by atoms with E-state index in [-0.39, 0.29) is 6.04 Å². The number of nitrogens with one attached hydrogen (secondary N) is 2. The van der Waals surface area contributed by atoms with Crippen molar-refractivity contribution in [3.05, 3.63) is 29.3 Å². The Labute approximate surface area is 149 Å².